The molecule has 0 bridgehead atoms. The first-order valence-corrected chi connectivity index (χ1v) is 5.78. The third-order valence-electron chi connectivity index (χ3n) is 3.55. The molecule has 0 spiro atoms. The molecule has 86 valence electrons. The van der Waals surface area contributed by atoms with Crippen LogP contribution in [0, 0.1) is 0 Å². The first-order valence-electron chi connectivity index (χ1n) is 5.78. The second kappa shape index (κ2) is 4.10. The molecule has 1 amide bonds. The van der Waals surface area contributed by atoms with Gasteiger partial charge in [0.15, 0.2) is 0 Å². The van der Waals surface area contributed by atoms with Gasteiger partial charge in [0.1, 0.15) is 0 Å². The van der Waals surface area contributed by atoms with Gasteiger partial charge >= 0.3 is 0 Å². The normalized spacial score (nSPS) is 38.1. The van der Waals surface area contributed by atoms with Crippen LogP contribution >= 0.6 is 0 Å². The molecule has 0 aliphatic carbocycles. The van der Waals surface area contributed by atoms with E-state index in [9.17, 15) is 4.79 Å². The van der Waals surface area contributed by atoms with E-state index in [2.05, 4.69) is 6.92 Å². The van der Waals surface area contributed by atoms with Crippen molar-refractivity contribution in [3.63, 3.8) is 0 Å². The Kier molecular flexibility index (Phi) is 2.98. The van der Waals surface area contributed by atoms with Crippen molar-refractivity contribution >= 4 is 5.91 Å². The number of likely N-dealkylation sites (tertiary alicyclic amines) is 1. The van der Waals surface area contributed by atoms with E-state index in [4.69, 9.17) is 10.5 Å². The molecular formula is C11H20N2O2. The van der Waals surface area contributed by atoms with Crippen molar-refractivity contribution in [2.24, 2.45) is 5.73 Å². The summed E-state index contributed by atoms with van der Waals surface area (Å²) in [6, 6.07) is -0.294. The van der Waals surface area contributed by atoms with Crippen LogP contribution in [-0.4, -0.2) is 42.1 Å². The van der Waals surface area contributed by atoms with Crippen LogP contribution in [0.1, 0.15) is 32.6 Å². The number of amides is 1. The average Bonchev–Trinajstić information content (AvgIpc) is 2.23. The molecule has 2 unspecified atom stereocenters. The van der Waals surface area contributed by atoms with E-state index in [-0.39, 0.29) is 17.5 Å². The molecule has 15 heavy (non-hydrogen) atoms. The van der Waals surface area contributed by atoms with Crippen molar-refractivity contribution in [1.29, 1.82) is 0 Å². The number of carbonyl (C=O) groups excluding carboxylic acids is 1. The minimum Gasteiger partial charge on any atom is -0.379 e. The van der Waals surface area contributed by atoms with Gasteiger partial charge in [-0.3, -0.25) is 4.79 Å². The summed E-state index contributed by atoms with van der Waals surface area (Å²) in [5.74, 6) is 0.106. The van der Waals surface area contributed by atoms with Crippen LogP contribution in [0.25, 0.3) is 0 Å². The topological polar surface area (TPSA) is 55.6 Å². The number of hydrogen-bond acceptors (Lipinski definition) is 3. The standard InChI is InChI=1S/C11H20N2O2/c1-11(5-3-7-15-8-11)13-6-2-4-9(12)10(13)14/h9H,2-8,12H2,1H3. The van der Waals surface area contributed by atoms with E-state index in [1.807, 2.05) is 4.90 Å². The molecule has 2 atom stereocenters. The lowest BCUT2D eigenvalue weighted by atomic mass is 9.89. The Hall–Kier alpha value is -0.610. The van der Waals surface area contributed by atoms with Crippen molar-refractivity contribution in [3.05, 3.63) is 0 Å². The summed E-state index contributed by atoms with van der Waals surface area (Å²) in [5.41, 5.74) is 5.68. The molecule has 0 aromatic rings. The third-order valence-corrected chi connectivity index (χ3v) is 3.55. The van der Waals surface area contributed by atoms with Gasteiger partial charge in [-0.05, 0) is 32.6 Å². The quantitative estimate of drug-likeness (QED) is 0.689. The molecule has 2 fully saturated rings. The second-order valence-corrected chi connectivity index (χ2v) is 4.89. The van der Waals surface area contributed by atoms with E-state index in [1.165, 1.54) is 0 Å². The first kappa shape index (κ1) is 10.9. The van der Waals surface area contributed by atoms with Crippen LogP contribution in [0.15, 0.2) is 0 Å². The molecule has 2 saturated heterocycles. The summed E-state index contributed by atoms with van der Waals surface area (Å²) in [6.07, 6.45) is 3.91. The molecule has 2 heterocycles. The maximum Gasteiger partial charge on any atom is 0.240 e. The van der Waals surface area contributed by atoms with Crippen LogP contribution in [0.2, 0.25) is 0 Å². The van der Waals surface area contributed by atoms with Crippen LogP contribution in [0.4, 0.5) is 0 Å². The van der Waals surface area contributed by atoms with E-state index in [1.54, 1.807) is 0 Å². The number of nitrogens with two attached hydrogens (primary N) is 1. The number of nitrogens with zero attached hydrogens (tertiary/aromatic N) is 1. The Bertz CT molecular complexity index is 249. The zero-order valence-corrected chi connectivity index (χ0v) is 9.37. The van der Waals surface area contributed by atoms with Gasteiger partial charge in [-0.1, -0.05) is 0 Å². The lowest BCUT2D eigenvalue weighted by Crippen LogP contribution is -2.60. The van der Waals surface area contributed by atoms with Gasteiger partial charge in [-0.15, -0.1) is 0 Å². The van der Waals surface area contributed by atoms with Gasteiger partial charge in [-0.2, -0.15) is 0 Å². The maximum absolute atomic E-state index is 12.0. The Morgan fingerprint density at radius 3 is 3.00 bits per heavy atom. The van der Waals surface area contributed by atoms with Crippen molar-refractivity contribution in [3.8, 4) is 0 Å². The van der Waals surface area contributed by atoms with E-state index < -0.39 is 0 Å². The minimum absolute atomic E-state index is 0.106. The minimum atomic E-state index is -0.294. The summed E-state index contributed by atoms with van der Waals surface area (Å²) in [4.78, 5) is 13.9. The number of hydrogen-bond donors (Lipinski definition) is 1. The largest absolute Gasteiger partial charge is 0.379 e. The Morgan fingerprint density at radius 1 is 1.53 bits per heavy atom. The summed E-state index contributed by atoms with van der Waals surface area (Å²) >= 11 is 0. The van der Waals surface area contributed by atoms with Crippen LogP contribution in [-0.2, 0) is 9.53 Å². The maximum atomic E-state index is 12.0. The van der Waals surface area contributed by atoms with Crippen LogP contribution < -0.4 is 5.73 Å². The lowest BCUT2D eigenvalue weighted by Gasteiger charge is -2.46. The second-order valence-electron chi connectivity index (χ2n) is 4.89. The fraction of sp³-hybridized carbons (Fsp3) is 0.909. The summed E-state index contributed by atoms with van der Waals surface area (Å²) in [7, 11) is 0. The van der Waals surface area contributed by atoms with Gasteiger partial charge in [0.25, 0.3) is 0 Å². The molecule has 2 aliphatic heterocycles. The molecule has 2 aliphatic rings. The SMILES string of the molecule is CC1(N2CCCC(N)C2=O)CCCOC1. The van der Waals surface area contributed by atoms with E-state index in [0.717, 1.165) is 38.8 Å². The van der Waals surface area contributed by atoms with Crippen molar-refractivity contribution in [2.75, 3.05) is 19.8 Å². The van der Waals surface area contributed by atoms with Crippen LogP contribution in [0.3, 0.4) is 0 Å². The molecule has 0 saturated carbocycles. The average molecular weight is 212 g/mol. The molecule has 0 aromatic heterocycles. The monoisotopic (exact) mass is 212 g/mol. The highest BCUT2D eigenvalue weighted by Crippen LogP contribution is 2.29. The van der Waals surface area contributed by atoms with Gasteiger partial charge in [0, 0.05) is 13.2 Å². The first-order chi connectivity index (χ1) is 7.13. The van der Waals surface area contributed by atoms with Gasteiger partial charge in [0.05, 0.1) is 18.2 Å². The fourth-order valence-corrected chi connectivity index (χ4v) is 2.57. The molecule has 2 N–H and O–H groups in total. The van der Waals surface area contributed by atoms with Crippen molar-refractivity contribution < 1.29 is 9.53 Å². The zero-order chi connectivity index (χ0) is 10.9. The van der Waals surface area contributed by atoms with E-state index in [0.29, 0.717) is 6.61 Å². The summed E-state index contributed by atoms with van der Waals surface area (Å²) < 4.78 is 5.49. The van der Waals surface area contributed by atoms with Crippen LogP contribution in [0.5, 0.6) is 0 Å². The zero-order valence-electron chi connectivity index (χ0n) is 9.37. The van der Waals surface area contributed by atoms with Gasteiger partial charge < -0.3 is 15.4 Å². The summed E-state index contributed by atoms with van der Waals surface area (Å²) in [6.45, 7) is 4.43. The Morgan fingerprint density at radius 2 is 2.33 bits per heavy atom. The molecule has 2 rings (SSSR count). The molecular weight excluding hydrogens is 192 g/mol. The lowest BCUT2D eigenvalue weighted by molar-refractivity contribution is -0.147. The predicted molar refractivity (Wildman–Crippen MR) is 57.4 cm³/mol. The highest BCUT2D eigenvalue weighted by molar-refractivity contribution is 5.83. The van der Waals surface area contributed by atoms with Gasteiger partial charge in [0.2, 0.25) is 5.91 Å². The molecule has 4 nitrogen and oxygen atoms in total. The number of carbonyl (C=O) groups is 1. The molecule has 4 heteroatoms. The Balaban J connectivity index is 2.10. The predicted octanol–water partition coefficient (Wildman–Crippen LogP) is 0.505. The highest BCUT2D eigenvalue weighted by Gasteiger charge is 2.40. The summed E-state index contributed by atoms with van der Waals surface area (Å²) in [5, 5.41) is 0. The number of ether oxygens (including phenoxy) is 1. The smallest absolute Gasteiger partial charge is 0.240 e. The highest BCUT2D eigenvalue weighted by atomic mass is 16.5. The number of rotatable bonds is 1. The van der Waals surface area contributed by atoms with Crippen molar-refractivity contribution in [2.45, 2.75) is 44.2 Å². The molecule has 0 radical (unpaired) electrons. The number of piperidine rings is 1. The fourth-order valence-electron chi connectivity index (χ4n) is 2.57. The Labute approximate surface area is 90.8 Å². The molecule has 0 aromatic carbocycles. The third kappa shape index (κ3) is 2.01. The van der Waals surface area contributed by atoms with Gasteiger partial charge in [-0.25, -0.2) is 0 Å². The van der Waals surface area contributed by atoms with Crippen molar-refractivity contribution in [1.82, 2.24) is 4.90 Å². The van der Waals surface area contributed by atoms with E-state index >= 15 is 0 Å².